The summed E-state index contributed by atoms with van der Waals surface area (Å²) in [5, 5.41) is 21.2. The third kappa shape index (κ3) is 4.24. The molecule has 4 bridgehead atoms. The largest absolute Gasteiger partial charge is 0.355 e. The number of nitrogens with one attached hydrogen (secondary N) is 2. The number of hydrogen-bond donors (Lipinski definition) is 2. The van der Waals surface area contributed by atoms with E-state index in [-0.39, 0.29) is 29.3 Å². The van der Waals surface area contributed by atoms with Crippen molar-refractivity contribution in [3.05, 3.63) is 46.1 Å². The molecule has 0 saturated heterocycles. The van der Waals surface area contributed by atoms with Crippen molar-refractivity contribution in [1.29, 1.82) is 0 Å². The van der Waals surface area contributed by atoms with Crippen molar-refractivity contribution in [3.63, 3.8) is 0 Å². The number of aromatic nitrogens is 2. The Labute approximate surface area is 192 Å². The van der Waals surface area contributed by atoms with Gasteiger partial charge in [0.1, 0.15) is 5.82 Å². The highest BCUT2D eigenvalue weighted by Gasteiger charge is 2.54. The van der Waals surface area contributed by atoms with E-state index in [4.69, 9.17) is 0 Å². The van der Waals surface area contributed by atoms with Gasteiger partial charge in [0.2, 0.25) is 11.8 Å². The first-order valence-electron chi connectivity index (χ1n) is 11.7. The van der Waals surface area contributed by atoms with Gasteiger partial charge in [0.15, 0.2) is 0 Å². The average Bonchev–Trinajstić information content (AvgIpc) is 3.12. The molecule has 0 unspecified atom stereocenters. The van der Waals surface area contributed by atoms with Crippen LogP contribution in [0.4, 0.5) is 11.5 Å². The second-order valence-corrected chi connectivity index (χ2v) is 10.1. The Morgan fingerprint density at radius 1 is 1.12 bits per heavy atom. The van der Waals surface area contributed by atoms with Crippen LogP contribution in [0, 0.1) is 40.2 Å². The molecule has 6 rings (SSSR count). The van der Waals surface area contributed by atoms with Crippen LogP contribution in [0.2, 0.25) is 0 Å². The average molecular weight is 452 g/mol. The number of rotatable bonds is 7. The fourth-order valence-electron chi connectivity index (χ4n) is 6.57. The Balaban J connectivity index is 1.17. The monoisotopic (exact) mass is 451 g/mol. The molecule has 4 aliphatic carbocycles. The number of nitrogens with zero attached hydrogens (tertiary/aromatic N) is 3. The summed E-state index contributed by atoms with van der Waals surface area (Å²) in [6.07, 6.45) is 7.05. The molecule has 2 N–H and O–H groups in total. The van der Waals surface area contributed by atoms with Gasteiger partial charge in [-0.05, 0) is 75.3 Å². The van der Waals surface area contributed by atoms with Gasteiger partial charge >= 0.3 is 0 Å². The van der Waals surface area contributed by atoms with E-state index in [1.54, 1.807) is 22.9 Å². The van der Waals surface area contributed by atoms with Crippen molar-refractivity contribution in [3.8, 4) is 5.69 Å². The van der Waals surface area contributed by atoms with Gasteiger partial charge in [-0.3, -0.25) is 19.7 Å². The van der Waals surface area contributed by atoms with Crippen LogP contribution < -0.4 is 10.6 Å². The molecule has 0 radical (unpaired) electrons. The lowest BCUT2D eigenvalue weighted by molar-refractivity contribution is -0.384. The third-order valence-corrected chi connectivity index (χ3v) is 7.56. The first-order chi connectivity index (χ1) is 15.8. The third-order valence-electron chi connectivity index (χ3n) is 7.56. The minimum atomic E-state index is -0.460. The normalized spacial score (nSPS) is 27.4. The molecule has 33 heavy (non-hydrogen) atoms. The zero-order chi connectivity index (χ0) is 23.2. The lowest BCUT2D eigenvalue weighted by atomic mass is 9.49. The minimum absolute atomic E-state index is 0.0111. The van der Waals surface area contributed by atoms with Crippen LogP contribution in [-0.2, 0) is 9.59 Å². The lowest BCUT2D eigenvalue weighted by Gasteiger charge is -2.55. The minimum Gasteiger partial charge on any atom is -0.355 e. The van der Waals surface area contributed by atoms with Crippen molar-refractivity contribution in [2.45, 2.75) is 51.9 Å². The summed E-state index contributed by atoms with van der Waals surface area (Å²) >= 11 is 0. The molecular formula is C24H29N5O4. The Bertz CT molecular complexity index is 1060. The SMILES string of the molecule is Cc1cc(NC(=O)CCNC(=O)C23CC4CC(CC(C4)C2)C3)n(-c2ccc([N+](=O)[O-])cc2)n1. The van der Waals surface area contributed by atoms with Gasteiger partial charge in [-0.15, -0.1) is 0 Å². The van der Waals surface area contributed by atoms with E-state index in [2.05, 4.69) is 15.7 Å². The number of benzene rings is 1. The summed E-state index contributed by atoms with van der Waals surface area (Å²) in [7, 11) is 0. The van der Waals surface area contributed by atoms with E-state index < -0.39 is 4.92 Å². The molecule has 0 atom stereocenters. The quantitative estimate of drug-likeness (QED) is 0.491. The summed E-state index contributed by atoms with van der Waals surface area (Å²) in [5.74, 6) is 2.50. The van der Waals surface area contributed by atoms with Crippen LogP contribution in [0.5, 0.6) is 0 Å². The molecule has 1 aromatic heterocycles. The van der Waals surface area contributed by atoms with Crippen LogP contribution >= 0.6 is 0 Å². The second kappa shape index (κ2) is 8.28. The van der Waals surface area contributed by atoms with E-state index >= 15 is 0 Å². The lowest BCUT2D eigenvalue weighted by Crippen LogP contribution is -2.53. The van der Waals surface area contributed by atoms with Crippen LogP contribution in [0.25, 0.3) is 5.69 Å². The molecule has 1 aromatic carbocycles. The van der Waals surface area contributed by atoms with Crippen LogP contribution in [0.3, 0.4) is 0 Å². The predicted molar refractivity (Wildman–Crippen MR) is 122 cm³/mol. The van der Waals surface area contributed by atoms with E-state index in [0.717, 1.165) is 19.3 Å². The highest BCUT2D eigenvalue weighted by molar-refractivity contribution is 5.91. The number of non-ortho nitro benzene ring substituents is 1. The fraction of sp³-hybridized carbons (Fsp3) is 0.542. The summed E-state index contributed by atoms with van der Waals surface area (Å²) in [4.78, 5) is 36.1. The van der Waals surface area contributed by atoms with Crippen molar-refractivity contribution in [1.82, 2.24) is 15.1 Å². The molecular weight excluding hydrogens is 422 g/mol. The summed E-state index contributed by atoms with van der Waals surface area (Å²) in [6, 6.07) is 7.72. The highest BCUT2D eigenvalue weighted by atomic mass is 16.6. The maximum atomic E-state index is 13.0. The molecule has 4 saturated carbocycles. The summed E-state index contributed by atoms with van der Waals surface area (Å²) in [6.45, 7) is 2.11. The van der Waals surface area contributed by atoms with Gasteiger partial charge in [-0.2, -0.15) is 5.10 Å². The molecule has 9 nitrogen and oxygen atoms in total. The first-order valence-corrected chi connectivity index (χ1v) is 11.7. The van der Waals surface area contributed by atoms with Gasteiger partial charge in [0.25, 0.3) is 5.69 Å². The Kier molecular flexibility index (Phi) is 5.42. The van der Waals surface area contributed by atoms with Crippen molar-refractivity contribution in [2.75, 3.05) is 11.9 Å². The molecule has 9 heteroatoms. The maximum absolute atomic E-state index is 13.0. The highest BCUT2D eigenvalue weighted by Crippen LogP contribution is 2.60. The summed E-state index contributed by atoms with van der Waals surface area (Å²) < 4.78 is 1.55. The number of aryl methyl sites for hydroxylation is 1. The first kappa shape index (κ1) is 21.6. The van der Waals surface area contributed by atoms with Crippen molar-refractivity contribution >= 4 is 23.3 Å². The molecule has 0 spiro atoms. The number of carbonyl (C=O) groups excluding carboxylic acids is 2. The Morgan fingerprint density at radius 3 is 2.30 bits per heavy atom. The maximum Gasteiger partial charge on any atom is 0.269 e. The molecule has 4 aliphatic rings. The molecule has 2 amide bonds. The number of anilines is 1. The van der Waals surface area contributed by atoms with E-state index in [1.165, 1.54) is 31.4 Å². The van der Waals surface area contributed by atoms with Gasteiger partial charge < -0.3 is 10.6 Å². The van der Waals surface area contributed by atoms with Crippen LogP contribution in [0.1, 0.15) is 50.6 Å². The molecule has 4 fully saturated rings. The number of nitro groups is 1. The van der Waals surface area contributed by atoms with Crippen LogP contribution in [0.15, 0.2) is 30.3 Å². The second-order valence-electron chi connectivity index (χ2n) is 10.1. The van der Waals surface area contributed by atoms with Gasteiger partial charge in [-0.25, -0.2) is 4.68 Å². The predicted octanol–water partition coefficient (Wildman–Crippen LogP) is 3.75. The molecule has 1 heterocycles. The molecule has 174 valence electrons. The fourth-order valence-corrected chi connectivity index (χ4v) is 6.57. The standard InChI is InChI=1S/C24H29N5O4/c1-15-8-21(28(27-15)19-2-4-20(5-3-19)29(32)33)26-22(30)6-7-25-23(31)24-12-16-9-17(13-24)11-18(10-16)14-24/h2-5,8,16-18H,6-7,9-14H2,1H3,(H,25,31)(H,26,30). The van der Waals surface area contributed by atoms with E-state index in [9.17, 15) is 19.7 Å². The molecule has 0 aliphatic heterocycles. The zero-order valence-electron chi connectivity index (χ0n) is 18.8. The zero-order valence-corrected chi connectivity index (χ0v) is 18.8. The number of hydrogen-bond acceptors (Lipinski definition) is 5. The number of amides is 2. The number of carbonyl (C=O) groups is 2. The Morgan fingerprint density at radius 2 is 1.73 bits per heavy atom. The van der Waals surface area contributed by atoms with Gasteiger partial charge in [0, 0.05) is 36.6 Å². The van der Waals surface area contributed by atoms with Crippen molar-refractivity contribution in [2.24, 2.45) is 23.2 Å². The van der Waals surface area contributed by atoms with Crippen molar-refractivity contribution < 1.29 is 14.5 Å². The molecule has 2 aromatic rings. The van der Waals surface area contributed by atoms with E-state index in [0.29, 0.717) is 41.5 Å². The topological polar surface area (TPSA) is 119 Å². The van der Waals surface area contributed by atoms with Crippen LogP contribution in [-0.4, -0.2) is 33.1 Å². The smallest absolute Gasteiger partial charge is 0.269 e. The Hall–Kier alpha value is -3.23. The number of nitro benzene ring substituents is 1. The summed E-state index contributed by atoms with van der Waals surface area (Å²) in [5.41, 5.74) is 1.09. The van der Waals surface area contributed by atoms with Gasteiger partial charge in [0.05, 0.1) is 16.3 Å². The van der Waals surface area contributed by atoms with Gasteiger partial charge in [-0.1, -0.05) is 0 Å². The van der Waals surface area contributed by atoms with E-state index in [1.807, 2.05) is 6.92 Å².